The van der Waals surface area contributed by atoms with Crippen molar-refractivity contribution in [1.29, 1.82) is 0 Å². The lowest BCUT2D eigenvalue weighted by atomic mass is 10.1. The molecule has 0 atom stereocenters. The van der Waals surface area contributed by atoms with Crippen LogP contribution in [0.5, 0.6) is 0 Å². The topological polar surface area (TPSA) is 87.2 Å². The van der Waals surface area contributed by atoms with Gasteiger partial charge in [0.2, 0.25) is 0 Å². The zero-order valence-electron chi connectivity index (χ0n) is 9.83. The number of hydrogen-bond acceptors (Lipinski definition) is 3. The smallest absolute Gasteiger partial charge is 0.296 e. The van der Waals surface area contributed by atoms with Crippen LogP contribution in [0.25, 0.3) is 21.8 Å². The molecule has 3 rings (SSSR count). The highest BCUT2D eigenvalue weighted by atomic mass is 32.2. The molecule has 1 heterocycles. The van der Waals surface area contributed by atoms with Gasteiger partial charge in [-0.15, -0.1) is 0 Å². The molecule has 0 unspecified atom stereocenters. The molecule has 0 aliphatic carbocycles. The van der Waals surface area contributed by atoms with E-state index in [0.717, 1.165) is 16.3 Å². The van der Waals surface area contributed by atoms with Gasteiger partial charge in [-0.3, -0.25) is 4.55 Å². The molecule has 1 aromatic heterocycles. The predicted octanol–water partition coefficient (Wildman–Crippen LogP) is 2.38. The van der Waals surface area contributed by atoms with E-state index in [0.29, 0.717) is 5.52 Å². The molecule has 0 aliphatic rings. The van der Waals surface area contributed by atoms with Crippen molar-refractivity contribution in [2.45, 2.75) is 4.90 Å². The summed E-state index contributed by atoms with van der Waals surface area (Å²) in [6.07, 6.45) is 0. The number of hydrogen-bond donors (Lipinski definition) is 2. The summed E-state index contributed by atoms with van der Waals surface area (Å²) in [5, 5.41) is 1.73. The Bertz CT molecular complexity index is 836. The third kappa shape index (κ3) is 2.23. The van der Waals surface area contributed by atoms with E-state index in [9.17, 15) is 8.42 Å². The molecule has 0 bridgehead atoms. The summed E-state index contributed by atoms with van der Waals surface area (Å²) in [6, 6.07) is 12.3. The van der Waals surface area contributed by atoms with Crippen LogP contribution in [-0.2, 0) is 14.9 Å². The maximum atomic E-state index is 11.3. The lowest BCUT2D eigenvalue weighted by Crippen LogP contribution is -1.98. The summed E-state index contributed by atoms with van der Waals surface area (Å²) in [4.78, 5) is 10.9. The summed E-state index contributed by atoms with van der Waals surface area (Å²) < 4.78 is 31.7. The molecule has 98 valence electrons. The summed E-state index contributed by atoms with van der Waals surface area (Å²) in [7, 11) is -4.21. The highest BCUT2D eigenvalue weighted by Crippen LogP contribution is 2.29. The monoisotopic (exact) mass is 277 g/mol. The lowest BCUT2D eigenvalue weighted by molar-refractivity contribution is -0.0979. The number of aromatic amines is 1. The molecule has 2 N–H and O–H groups in total. The molecule has 0 saturated carbocycles. The molecule has 2 aromatic carbocycles. The largest absolute Gasteiger partial charge is 0.353 e. The molecule has 0 aliphatic heterocycles. The van der Waals surface area contributed by atoms with E-state index < -0.39 is 10.1 Å². The van der Waals surface area contributed by atoms with E-state index in [1.54, 1.807) is 6.07 Å². The fourth-order valence-electron chi connectivity index (χ4n) is 2.06. The zero-order valence-corrected chi connectivity index (χ0v) is 10.6. The van der Waals surface area contributed by atoms with Gasteiger partial charge < -0.3 is 9.78 Å². The molecular formula is C13H11NO4S. The normalized spacial score (nSPS) is 11.2. The average molecular weight is 277 g/mol. The number of para-hydroxylation sites is 2. The first kappa shape index (κ1) is 13.3. The van der Waals surface area contributed by atoms with Gasteiger partial charge in [0, 0.05) is 16.3 Å². The second-order valence-corrected chi connectivity index (χ2v) is 5.21. The fourth-order valence-corrected chi connectivity index (χ4v) is 2.73. The van der Waals surface area contributed by atoms with Crippen LogP contribution < -0.4 is 0 Å². The molecule has 0 amide bonds. The first-order chi connectivity index (χ1) is 9.07. The van der Waals surface area contributed by atoms with Gasteiger partial charge in [-0.1, -0.05) is 30.3 Å². The van der Waals surface area contributed by atoms with Crippen LogP contribution >= 0.6 is 0 Å². The first-order valence-corrected chi connectivity index (χ1v) is 6.77. The quantitative estimate of drug-likeness (QED) is 0.668. The number of H-pyrrole nitrogens is 1. The minimum absolute atomic E-state index is 0.0915. The Morgan fingerprint density at radius 1 is 0.947 bits per heavy atom. The number of rotatable bonds is 1. The lowest BCUT2D eigenvalue weighted by Gasteiger charge is -1.98. The number of carbonyl (C=O) groups excluding carboxylic acids is 1. The second kappa shape index (κ2) is 4.83. The van der Waals surface area contributed by atoms with E-state index >= 15 is 0 Å². The molecule has 3 aromatic rings. The van der Waals surface area contributed by atoms with E-state index in [1.165, 1.54) is 6.07 Å². The number of fused-ring (bicyclic) bond motifs is 3. The fraction of sp³-hybridized carbons (Fsp3) is 0. The highest BCUT2D eigenvalue weighted by Gasteiger charge is 2.16. The Morgan fingerprint density at radius 3 is 2.26 bits per heavy atom. The van der Waals surface area contributed by atoms with Crippen molar-refractivity contribution in [2.75, 3.05) is 0 Å². The van der Waals surface area contributed by atoms with E-state index in [4.69, 9.17) is 9.35 Å². The molecular weight excluding hydrogens is 266 g/mol. The molecule has 5 nitrogen and oxygen atoms in total. The van der Waals surface area contributed by atoms with E-state index in [2.05, 4.69) is 4.98 Å². The number of benzene rings is 2. The number of aromatic nitrogens is 1. The van der Waals surface area contributed by atoms with Crippen molar-refractivity contribution in [3.8, 4) is 0 Å². The Labute approximate surface area is 109 Å². The van der Waals surface area contributed by atoms with Gasteiger partial charge in [0.05, 0.1) is 5.52 Å². The maximum Gasteiger partial charge on any atom is 0.296 e. The van der Waals surface area contributed by atoms with Crippen molar-refractivity contribution >= 4 is 38.7 Å². The van der Waals surface area contributed by atoms with Crippen molar-refractivity contribution in [3.05, 3.63) is 42.5 Å². The minimum Gasteiger partial charge on any atom is -0.353 e. The van der Waals surface area contributed by atoms with Crippen molar-refractivity contribution in [2.24, 2.45) is 0 Å². The molecule has 0 fully saturated rings. The standard InChI is InChI=1S/C12H9NO3S.CH2O/c14-17(15,16)11-7-3-5-9-8-4-1-2-6-10(8)13-12(9)11;1-2/h1-7,13H,(H,14,15,16);1H2. The Kier molecular flexibility index (Phi) is 3.37. The SMILES string of the molecule is C=O.O=S(=O)(O)c1cccc2c1[nH]c1ccccc12. The van der Waals surface area contributed by atoms with Gasteiger partial charge >= 0.3 is 0 Å². The van der Waals surface area contributed by atoms with Crippen LogP contribution in [0.4, 0.5) is 0 Å². The minimum atomic E-state index is -4.21. The van der Waals surface area contributed by atoms with Gasteiger partial charge in [-0.05, 0) is 12.1 Å². The van der Waals surface area contributed by atoms with Crippen LogP contribution in [0.2, 0.25) is 0 Å². The predicted molar refractivity (Wildman–Crippen MR) is 72.7 cm³/mol. The Balaban J connectivity index is 0.000000637. The molecule has 19 heavy (non-hydrogen) atoms. The Morgan fingerprint density at radius 2 is 1.58 bits per heavy atom. The van der Waals surface area contributed by atoms with Gasteiger partial charge in [-0.25, -0.2) is 0 Å². The average Bonchev–Trinajstić information content (AvgIpc) is 2.78. The maximum absolute atomic E-state index is 11.3. The van der Waals surface area contributed by atoms with Gasteiger partial charge in [0.1, 0.15) is 11.7 Å². The van der Waals surface area contributed by atoms with Crippen LogP contribution in [0.3, 0.4) is 0 Å². The highest BCUT2D eigenvalue weighted by molar-refractivity contribution is 7.86. The number of nitrogens with one attached hydrogen (secondary N) is 1. The molecule has 0 saturated heterocycles. The summed E-state index contributed by atoms with van der Waals surface area (Å²) >= 11 is 0. The van der Waals surface area contributed by atoms with Crippen molar-refractivity contribution < 1.29 is 17.8 Å². The second-order valence-electron chi connectivity index (χ2n) is 3.82. The van der Waals surface area contributed by atoms with Crippen LogP contribution in [0, 0.1) is 0 Å². The Hall–Kier alpha value is -2.18. The van der Waals surface area contributed by atoms with E-state index in [-0.39, 0.29) is 4.90 Å². The molecule has 6 heteroatoms. The zero-order chi connectivity index (χ0) is 14.0. The van der Waals surface area contributed by atoms with E-state index in [1.807, 2.05) is 37.1 Å². The van der Waals surface area contributed by atoms with Crippen LogP contribution in [-0.4, -0.2) is 24.7 Å². The van der Waals surface area contributed by atoms with Gasteiger partial charge in [-0.2, -0.15) is 8.42 Å². The molecule has 0 spiro atoms. The summed E-state index contributed by atoms with van der Waals surface area (Å²) in [5.74, 6) is 0. The number of carbonyl (C=O) groups is 1. The summed E-state index contributed by atoms with van der Waals surface area (Å²) in [6.45, 7) is 2.00. The summed E-state index contributed by atoms with van der Waals surface area (Å²) in [5.41, 5.74) is 1.29. The van der Waals surface area contributed by atoms with Gasteiger partial charge in [0.15, 0.2) is 0 Å². The van der Waals surface area contributed by atoms with Crippen LogP contribution in [0.15, 0.2) is 47.4 Å². The van der Waals surface area contributed by atoms with Crippen molar-refractivity contribution in [1.82, 2.24) is 4.98 Å². The van der Waals surface area contributed by atoms with Crippen LogP contribution in [0.1, 0.15) is 0 Å². The first-order valence-electron chi connectivity index (χ1n) is 5.33. The third-order valence-corrected chi connectivity index (χ3v) is 3.68. The molecule has 0 radical (unpaired) electrons. The van der Waals surface area contributed by atoms with Crippen molar-refractivity contribution in [3.63, 3.8) is 0 Å². The third-order valence-electron chi connectivity index (χ3n) is 2.78. The van der Waals surface area contributed by atoms with Gasteiger partial charge in [0.25, 0.3) is 10.1 Å².